The van der Waals surface area contributed by atoms with E-state index in [1.54, 1.807) is 4.98 Å². The molecule has 100 valence electrons. The number of aromatic nitrogens is 2. The van der Waals surface area contributed by atoms with Crippen molar-refractivity contribution in [2.45, 2.75) is 24.5 Å². The molecule has 1 aromatic heterocycles. The van der Waals surface area contributed by atoms with Crippen LogP contribution in [0.2, 0.25) is 0 Å². The number of aromatic amines is 1. The zero-order chi connectivity index (χ0) is 13.4. The SMILES string of the molecule is O=c1[nH]c(=O)n([C@@H]2O[C@H](CF)[C@@H](O)[C@H]2O)cc1F. The van der Waals surface area contributed by atoms with Crippen molar-refractivity contribution in [1.82, 2.24) is 9.55 Å². The number of alkyl halides is 1. The zero-order valence-corrected chi connectivity index (χ0v) is 8.92. The van der Waals surface area contributed by atoms with Crippen molar-refractivity contribution in [2.24, 2.45) is 0 Å². The number of H-pyrrole nitrogens is 1. The molecule has 0 bridgehead atoms. The number of aliphatic hydroxyl groups is 2. The van der Waals surface area contributed by atoms with E-state index in [2.05, 4.69) is 0 Å². The monoisotopic (exact) mass is 264 g/mol. The van der Waals surface area contributed by atoms with E-state index in [4.69, 9.17) is 4.74 Å². The number of halogens is 2. The van der Waals surface area contributed by atoms with E-state index in [1.165, 1.54) is 0 Å². The van der Waals surface area contributed by atoms with E-state index in [9.17, 15) is 28.6 Å². The number of hydrogen-bond donors (Lipinski definition) is 3. The van der Waals surface area contributed by atoms with Gasteiger partial charge in [-0.15, -0.1) is 0 Å². The fourth-order valence-electron chi connectivity index (χ4n) is 1.74. The Hall–Kier alpha value is -1.58. The van der Waals surface area contributed by atoms with Gasteiger partial charge in [0.25, 0.3) is 5.56 Å². The quantitative estimate of drug-likeness (QED) is 0.588. The van der Waals surface area contributed by atoms with Gasteiger partial charge in [-0.1, -0.05) is 0 Å². The lowest BCUT2D eigenvalue weighted by Gasteiger charge is -2.16. The van der Waals surface area contributed by atoms with E-state index in [-0.39, 0.29) is 0 Å². The average Bonchev–Trinajstić information content (AvgIpc) is 2.61. The number of nitrogens with one attached hydrogen (secondary N) is 1. The summed E-state index contributed by atoms with van der Waals surface area (Å²) in [5.41, 5.74) is -2.25. The summed E-state index contributed by atoms with van der Waals surface area (Å²) < 4.78 is 30.9. The first-order valence-electron chi connectivity index (χ1n) is 5.04. The van der Waals surface area contributed by atoms with Gasteiger partial charge in [-0.25, -0.2) is 9.18 Å². The van der Waals surface area contributed by atoms with Crippen molar-refractivity contribution in [3.63, 3.8) is 0 Å². The molecule has 1 fully saturated rings. The molecule has 0 aliphatic carbocycles. The minimum Gasteiger partial charge on any atom is -0.387 e. The van der Waals surface area contributed by atoms with Crippen LogP contribution in [0.15, 0.2) is 15.8 Å². The molecule has 0 aromatic carbocycles. The third-order valence-corrected chi connectivity index (χ3v) is 2.69. The molecule has 1 aliphatic rings. The molecule has 7 nitrogen and oxygen atoms in total. The van der Waals surface area contributed by atoms with E-state index in [0.717, 1.165) is 0 Å². The van der Waals surface area contributed by atoms with E-state index in [1.807, 2.05) is 0 Å². The molecule has 1 aromatic rings. The molecule has 2 heterocycles. The van der Waals surface area contributed by atoms with E-state index >= 15 is 0 Å². The van der Waals surface area contributed by atoms with E-state index in [0.29, 0.717) is 10.8 Å². The minimum absolute atomic E-state index is 0.530. The summed E-state index contributed by atoms with van der Waals surface area (Å²) in [5.74, 6) is -1.26. The molecule has 0 spiro atoms. The molecule has 18 heavy (non-hydrogen) atoms. The van der Waals surface area contributed by atoms with Gasteiger partial charge in [0, 0.05) is 0 Å². The van der Waals surface area contributed by atoms with Crippen LogP contribution in [0, 0.1) is 5.82 Å². The van der Waals surface area contributed by atoms with Crippen LogP contribution in [-0.2, 0) is 4.74 Å². The van der Waals surface area contributed by atoms with Crippen molar-refractivity contribution >= 4 is 0 Å². The lowest BCUT2D eigenvalue weighted by Crippen LogP contribution is -2.38. The molecule has 0 saturated carbocycles. The number of aliphatic hydroxyl groups excluding tert-OH is 2. The fourth-order valence-corrected chi connectivity index (χ4v) is 1.74. The van der Waals surface area contributed by atoms with Crippen LogP contribution < -0.4 is 11.2 Å². The van der Waals surface area contributed by atoms with Gasteiger partial charge in [0.15, 0.2) is 6.23 Å². The summed E-state index contributed by atoms with van der Waals surface area (Å²) in [6.45, 7) is -1.07. The highest BCUT2D eigenvalue weighted by molar-refractivity contribution is 4.94. The first kappa shape index (κ1) is 12.9. The highest BCUT2D eigenvalue weighted by Gasteiger charge is 2.44. The molecule has 3 N–H and O–H groups in total. The van der Waals surface area contributed by atoms with Gasteiger partial charge in [0.2, 0.25) is 5.82 Å². The van der Waals surface area contributed by atoms with Gasteiger partial charge in [0.1, 0.15) is 25.0 Å². The van der Waals surface area contributed by atoms with Crippen molar-refractivity contribution < 1.29 is 23.7 Å². The Morgan fingerprint density at radius 2 is 2.06 bits per heavy atom. The summed E-state index contributed by atoms with van der Waals surface area (Å²) in [5, 5.41) is 19.0. The van der Waals surface area contributed by atoms with Crippen molar-refractivity contribution in [3.8, 4) is 0 Å². The van der Waals surface area contributed by atoms with Crippen LogP contribution in [0.25, 0.3) is 0 Å². The Labute approximate surface area is 98.3 Å². The van der Waals surface area contributed by atoms with Gasteiger partial charge >= 0.3 is 5.69 Å². The first-order chi connectivity index (χ1) is 8.45. The molecule has 2 rings (SSSR count). The van der Waals surface area contributed by atoms with Crippen LogP contribution in [0.3, 0.4) is 0 Å². The minimum atomic E-state index is -1.60. The number of hydrogen-bond acceptors (Lipinski definition) is 5. The highest BCUT2D eigenvalue weighted by Crippen LogP contribution is 2.28. The van der Waals surface area contributed by atoms with Crippen LogP contribution in [0.4, 0.5) is 8.78 Å². The number of ether oxygens (including phenoxy) is 1. The first-order valence-corrected chi connectivity index (χ1v) is 5.04. The number of rotatable bonds is 2. The molecule has 4 atom stereocenters. The maximum absolute atomic E-state index is 13.0. The maximum Gasteiger partial charge on any atom is 0.330 e. The second kappa shape index (κ2) is 4.59. The van der Waals surface area contributed by atoms with Crippen molar-refractivity contribution in [2.75, 3.05) is 6.67 Å². The molecule has 0 radical (unpaired) electrons. The lowest BCUT2D eigenvalue weighted by molar-refractivity contribution is -0.0459. The third-order valence-electron chi connectivity index (χ3n) is 2.69. The molecule has 9 heteroatoms. The van der Waals surface area contributed by atoms with Crippen LogP contribution >= 0.6 is 0 Å². The molecule has 1 saturated heterocycles. The van der Waals surface area contributed by atoms with Crippen molar-refractivity contribution in [1.29, 1.82) is 0 Å². The maximum atomic E-state index is 13.0. The lowest BCUT2D eigenvalue weighted by atomic mass is 10.1. The standard InChI is InChI=1S/C9H10F2N2O5/c10-1-4-5(14)6(15)8(18-4)13-2-3(11)7(16)12-9(13)17/h2,4-6,8,14-15H,1H2,(H,12,16,17)/t4-,5-,6-,8-/m1/s1. The second-order valence-electron chi connectivity index (χ2n) is 3.84. The fraction of sp³-hybridized carbons (Fsp3) is 0.556. The molecule has 1 aliphatic heterocycles. The number of nitrogens with zero attached hydrogens (tertiary/aromatic N) is 1. The largest absolute Gasteiger partial charge is 0.387 e. The topological polar surface area (TPSA) is 105 Å². The summed E-state index contributed by atoms with van der Waals surface area (Å²) in [7, 11) is 0. The van der Waals surface area contributed by atoms with E-state index < -0.39 is 48.3 Å². The highest BCUT2D eigenvalue weighted by atomic mass is 19.1. The Morgan fingerprint density at radius 1 is 1.39 bits per heavy atom. The Bertz CT molecular complexity index is 557. The van der Waals surface area contributed by atoms with Gasteiger partial charge in [0.05, 0.1) is 6.20 Å². The molecular weight excluding hydrogens is 254 g/mol. The Balaban J connectivity index is 2.42. The average molecular weight is 264 g/mol. The predicted molar refractivity (Wildman–Crippen MR) is 53.2 cm³/mol. The summed E-state index contributed by atoms with van der Waals surface area (Å²) >= 11 is 0. The van der Waals surface area contributed by atoms with Crippen LogP contribution in [0.1, 0.15) is 6.23 Å². The summed E-state index contributed by atoms with van der Waals surface area (Å²) in [6.07, 6.45) is -5.38. The predicted octanol–water partition coefficient (Wildman–Crippen LogP) is -1.74. The van der Waals surface area contributed by atoms with Gasteiger partial charge < -0.3 is 14.9 Å². The van der Waals surface area contributed by atoms with Crippen molar-refractivity contribution in [3.05, 3.63) is 32.9 Å². The Morgan fingerprint density at radius 3 is 2.61 bits per heavy atom. The molecule has 0 unspecified atom stereocenters. The van der Waals surface area contributed by atoms with Gasteiger partial charge in [-0.2, -0.15) is 4.39 Å². The Kier molecular flexibility index (Phi) is 3.28. The molecular formula is C9H10F2N2O5. The second-order valence-corrected chi connectivity index (χ2v) is 3.84. The van der Waals surface area contributed by atoms with Gasteiger partial charge in [-0.3, -0.25) is 14.3 Å². The van der Waals surface area contributed by atoms with Gasteiger partial charge in [-0.05, 0) is 0 Å². The van der Waals surface area contributed by atoms with Crippen LogP contribution in [0.5, 0.6) is 0 Å². The smallest absolute Gasteiger partial charge is 0.330 e. The molecule has 0 amide bonds. The summed E-state index contributed by atoms with van der Waals surface area (Å²) in [6, 6.07) is 0. The van der Waals surface area contributed by atoms with Crippen LogP contribution in [-0.4, -0.2) is 44.8 Å². The summed E-state index contributed by atoms with van der Waals surface area (Å²) in [4.78, 5) is 23.9. The normalized spacial score (nSPS) is 31.8. The zero-order valence-electron chi connectivity index (χ0n) is 8.92. The third kappa shape index (κ3) is 1.96.